The first-order valence-corrected chi connectivity index (χ1v) is 5.12. The summed E-state index contributed by atoms with van der Waals surface area (Å²) in [4.78, 5) is 6.18. The molecule has 82 valence electrons. The van der Waals surface area contributed by atoms with Gasteiger partial charge in [-0.05, 0) is 38.1 Å². The van der Waals surface area contributed by atoms with Crippen LogP contribution in [0.1, 0.15) is 24.4 Å². The second kappa shape index (κ2) is 4.14. The summed E-state index contributed by atoms with van der Waals surface area (Å²) in [6.07, 6.45) is 3.94. The molecule has 0 spiro atoms. The van der Waals surface area contributed by atoms with Crippen LogP contribution >= 0.6 is 0 Å². The molecule has 1 aliphatic rings. The van der Waals surface area contributed by atoms with Crippen molar-refractivity contribution in [3.63, 3.8) is 0 Å². The number of nitrogens with zero attached hydrogens (tertiary/aromatic N) is 2. The SMILES string of the molecule is COc1ncc(C2CCCN2C)cc1F. The molecule has 0 radical (unpaired) electrons. The number of aromatic nitrogens is 1. The van der Waals surface area contributed by atoms with Gasteiger partial charge in [0, 0.05) is 12.2 Å². The van der Waals surface area contributed by atoms with Crippen LogP contribution < -0.4 is 4.74 Å². The highest BCUT2D eigenvalue weighted by molar-refractivity contribution is 5.23. The van der Waals surface area contributed by atoms with Crippen LogP contribution in [-0.2, 0) is 0 Å². The Morgan fingerprint density at radius 1 is 1.60 bits per heavy atom. The molecule has 1 atom stereocenters. The number of hydrogen-bond acceptors (Lipinski definition) is 3. The third-order valence-corrected chi connectivity index (χ3v) is 2.93. The Bertz CT molecular complexity index is 356. The number of ether oxygens (including phenoxy) is 1. The molecule has 0 aliphatic carbocycles. The van der Waals surface area contributed by atoms with Crippen molar-refractivity contribution in [2.75, 3.05) is 20.7 Å². The zero-order chi connectivity index (χ0) is 10.8. The Balaban J connectivity index is 2.25. The molecule has 1 fully saturated rings. The molecule has 1 aromatic rings. The Labute approximate surface area is 88.9 Å². The number of hydrogen-bond donors (Lipinski definition) is 0. The van der Waals surface area contributed by atoms with Crippen LogP contribution in [0.25, 0.3) is 0 Å². The molecule has 0 bridgehead atoms. The summed E-state index contributed by atoms with van der Waals surface area (Å²) in [6, 6.07) is 1.83. The molecule has 0 N–H and O–H groups in total. The van der Waals surface area contributed by atoms with E-state index in [1.165, 1.54) is 13.2 Å². The van der Waals surface area contributed by atoms with Crippen molar-refractivity contribution in [3.05, 3.63) is 23.6 Å². The molecule has 2 rings (SSSR count). The molecule has 2 heterocycles. The zero-order valence-electron chi connectivity index (χ0n) is 9.03. The average Bonchev–Trinajstić information content (AvgIpc) is 2.64. The summed E-state index contributed by atoms with van der Waals surface area (Å²) in [5.74, 6) is -0.310. The van der Waals surface area contributed by atoms with Gasteiger partial charge in [0.1, 0.15) is 0 Å². The van der Waals surface area contributed by atoms with Crippen molar-refractivity contribution < 1.29 is 9.13 Å². The molecule has 0 amide bonds. The lowest BCUT2D eigenvalue weighted by molar-refractivity contribution is 0.313. The molecule has 1 aliphatic heterocycles. The lowest BCUT2D eigenvalue weighted by atomic mass is 10.1. The van der Waals surface area contributed by atoms with Gasteiger partial charge in [-0.25, -0.2) is 9.37 Å². The summed E-state index contributed by atoms with van der Waals surface area (Å²) in [7, 11) is 3.48. The van der Waals surface area contributed by atoms with E-state index in [1.54, 1.807) is 6.20 Å². The molecule has 0 aromatic carbocycles. The van der Waals surface area contributed by atoms with Crippen molar-refractivity contribution >= 4 is 0 Å². The van der Waals surface area contributed by atoms with Crippen LogP contribution in [0.4, 0.5) is 4.39 Å². The van der Waals surface area contributed by atoms with E-state index >= 15 is 0 Å². The molecule has 15 heavy (non-hydrogen) atoms. The topological polar surface area (TPSA) is 25.4 Å². The zero-order valence-corrected chi connectivity index (χ0v) is 9.03. The van der Waals surface area contributed by atoms with Crippen molar-refractivity contribution in [1.29, 1.82) is 0 Å². The summed E-state index contributed by atoms with van der Waals surface area (Å²) in [5.41, 5.74) is 0.938. The lowest BCUT2D eigenvalue weighted by Gasteiger charge is -2.19. The van der Waals surface area contributed by atoms with Gasteiger partial charge in [0.05, 0.1) is 7.11 Å². The maximum absolute atomic E-state index is 13.4. The smallest absolute Gasteiger partial charge is 0.250 e. The van der Waals surface area contributed by atoms with Gasteiger partial charge in [0.15, 0.2) is 5.82 Å². The molecular weight excluding hydrogens is 195 g/mol. The molecular formula is C11H15FN2O. The maximum atomic E-state index is 13.4. The Morgan fingerprint density at radius 3 is 2.93 bits per heavy atom. The van der Waals surface area contributed by atoms with Gasteiger partial charge in [-0.2, -0.15) is 0 Å². The maximum Gasteiger partial charge on any atom is 0.250 e. The van der Waals surface area contributed by atoms with Crippen molar-refractivity contribution in [3.8, 4) is 5.88 Å². The highest BCUT2D eigenvalue weighted by Gasteiger charge is 2.23. The average molecular weight is 210 g/mol. The fourth-order valence-electron chi connectivity index (χ4n) is 2.10. The minimum Gasteiger partial charge on any atom is -0.479 e. The standard InChI is InChI=1S/C11H15FN2O/c1-14-5-3-4-10(14)8-6-9(12)11(15-2)13-7-8/h6-7,10H,3-5H2,1-2H3. The molecule has 0 saturated carbocycles. The van der Waals surface area contributed by atoms with Gasteiger partial charge < -0.3 is 4.74 Å². The van der Waals surface area contributed by atoms with E-state index in [0.717, 1.165) is 24.9 Å². The van der Waals surface area contributed by atoms with E-state index in [0.29, 0.717) is 6.04 Å². The van der Waals surface area contributed by atoms with E-state index in [-0.39, 0.29) is 11.7 Å². The van der Waals surface area contributed by atoms with E-state index in [2.05, 4.69) is 16.9 Å². The van der Waals surface area contributed by atoms with Crippen LogP contribution in [-0.4, -0.2) is 30.6 Å². The number of pyridine rings is 1. The van der Waals surface area contributed by atoms with Gasteiger partial charge in [-0.1, -0.05) is 0 Å². The second-order valence-corrected chi connectivity index (χ2v) is 3.90. The largest absolute Gasteiger partial charge is 0.479 e. The van der Waals surface area contributed by atoms with Crippen LogP contribution in [0.3, 0.4) is 0 Å². The minimum atomic E-state index is -0.379. The van der Waals surface area contributed by atoms with E-state index in [4.69, 9.17) is 4.74 Å². The summed E-state index contributed by atoms with van der Waals surface area (Å²) >= 11 is 0. The first-order chi connectivity index (χ1) is 7.22. The fourth-order valence-corrected chi connectivity index (χ4v) is 2.10. The molecule has 3 nitrogen and oxygen atoms in total. The number of halogens is 1. The number of methoxy groups -OCH3 is 1. The normalized spacial score (nSPS) is 21.9. The minimum absolute atomic E-state index is 0.0689. The summed E-state index contributed by atoms with van der Waals surface area (Å²) < 4.78 is 18.2. The highest BCUT2D eigenvalue weighted by Crippen LogP contribution is 2.31. The Kier molecular flexibility index (Phi) is 2.86. The number of likely N-dealkylation sites (tertiary alicyclic amines) is 1. The summed E-state index contributed by atoms with van der Waals surface area (Å²) in [5, 5.41) is 0. The summed E-state index contributed by atoms with van der Waals surface area (Å²) in [6.45, 7) is 1.07. The van der Waals surface area contributed by atoms with Gasteiger partial charge in [0.25, 0.3) is 0 Å². The van der Waals surface area contributed by atoms with Gasteiger partial charge in [-0.3, -0.25) is 4.90 Å². The highest BCUT2D eigenvalue weighted by atomic mass is 19.1. The third kappa shape index (κ3) is 1.95. The van der Waals surface area contributed by atoms with E-state index in [1.807, 2.05) is 0 Å². The predicted molar refractivity (Wildman–Crippen MR) is 55.4 cm³/mol. The Hall–Kier alpha value is -1.16. The predicted octanol–water partition coefficient (Wildman–Crippen LogP) is 2.00. The van der Waals surface area contributed by atoms with Crippen LogP contribution in [0.5, 0.6) is 5.88 Å². The van der Waals surface area contributed by atoms with Crippen LogP contribution in [0, 0.1) is 5.82 Å². The van der Waals surface area contributed by atoms with Crippen LogP contribution in [0.2, 0.25) is 0 Å². The van der Waals surface area contributed by atoms with Crippen molar-refractivity contribution in [2.45, 2.75) is 18.9 Å². The fraction of sp³-hybridized carbons (Fsp3) is 0.545. The Morgan fingerprint density at radius 2 is 2.40 bits per heavy atom. The molecule has 4 heteroatoms. The van der Waals surface area contributed by atoms with Crippen LogP contribution in [0.15, 0.2) is 12.3 Å². The second-order valence-electron chi connectivity index (χ2n) is 3.90. The van der Waals surface area contributed by atoms with Crippen molar-refractivity contribution in [2.24, 2.45) is 0 Å². The third-order valence-electron chi connectivity index (χ3n) is 2.93. The van der Waals surface area contributed by atoms with Crippen molar-refractivity contribution in [1.82, 2.24) is 9.88 Å². The first kappa shape index (κ1) is 10.4. The van der Waals surface area contributed by atoms with Gasteiger partial charge in [0.2, 0.25) is 5.88 Å². The quantitative estimate of drug-likeness (QED) is 0.746. The molecule has 1 unspecified atom stereocenters. The van der Waals surface area contributed by atoms with Gasteiger partial charge >= 0.3 is 0 Å². The van der Waals surface area contributed by atoms with E-state index < -0.39 is 0 Å². The first-order valence-electron chi connectivity index (χ1n) is 5.12. The lowest BCUT2D eigenvalue weighted by Crippen LogP contribution is -2.17. The molecule has 1 saturated heterocycles. The molecule has 1 aromatic heterocycles. The monoisotopic (exact) mass is 210 g/mol. The van der Waals surface area contributed by atoms with Gasteiger partial charge in [-0.15, -0.1) is 0 Å². The van der Waals surface area contributed by atoms with E-state index in [9.17, 15) is 4.39 Å². The number of rotatable bonds is 2.